The largest absolute Gasteiger partial charge is 0.361 e. The molecule has 0 aliphatic carbocycles. The van der Waals surface area contributed by atoms with E-state index in [0.29, 0.717) is 17.2 Å². The number of anilines is 2. The molecule has 2 aromatic heterocycles. The predicted molar refractivity (Wildman–Crippen MR) is 114 cm³/mol. The lowest BCUT2D eigenvalue weighted by atomic mass is 10.2. The Morgan fingerprint density at radius 2 is 2.00 bits per heavy atom. The second-order valence-corrected chi connectivity index (χ2v) is 7.25. The summed E-state index contributed by atoms with van der Waals surface area (Å²) in [4.78, 5) is 23.1. The fourth-order valence-electron chi connectivity index (χ4n) is 2.75. The summed E-state index contributed by atoms with van der Waals surface area (Å²) < 4.78 is 14.4. The molecule has 0 radical (unpaired) electrons. The van der Waals surface area contributed by atoms with Gasteiger partial charge in [-0.15, -0.1) is 0 Å². The molecule has 0 unspecified atom stereocenters. The van der Waals surface area contributed by atoms with E-state index in [0.717, 1.165) is 16.0 Å². The smallest absolute Gasteiger partial charge is 0.254 e. The number of hydrogen-bond donors (Lipinski definition) is 1. The lowest BCUT2D eigenvalue weighted by molar-refractivity contribution is -0.114. The number of carbonyl (C=O) groups is 1. The van der Waals surface area contributed by atoms with Crippen molar-refractivity contribution in [2.45, 2.75) is 6.54 Å². The molecule has 4 aromatic rings. The number of nitrogens with one attached hydrogen (secondary N) is 1. The number of pyridine rings is 1. The second kappa shape index (κ2) is 8.62. The summed E-state index contributed by atoms with van der Waals surface area (Å²) in [5, 5.41) is 3.58. The monoisotopic (exact) mass is 404 g/mol. The Labute approximate surface area is 171 Å². The third kappa shape index (κ3) is 4.64. The van der Waals surface area contributed by atoms with Gasteiger partial charge in [0, 0.05) is 36.4 Å². The van der Waals surface area contributed by atoms with Crippen LogP contribution in [-0.4, -0.2) is 15.9 Å². The SMILES string of the molecule is O=C(C=CNc1ccccc1)N(Cc1cccnc1)c1nc2cc(F)ccc2s1. The molecule has 0 bridgehead atoms. The van der Waals surface area contributed by atoms with Crippen molar-refractivity contribution in [3.05, 3.63) is 96.7 Å². The van der Waals surface area contributed by atoms with Gasteiger partial charge in [-0.2, -0.15) is 0 Å². The molecule has 4 rings (SSSR count). The van der Waals surface area contributed by atoms with E-state index < -0.39 is 0 Å². The molecule has 0 saturated heterocycles. The van der Waals surface area contributed by atoms with Gasteiger partial charge in [-0.25, -0.2) is 9.37 Å². The van der Waals surface area contributed by atoms with Crippen molar-refractivity contribution in [1.82, 2.24) is 9.97 Å². The summed E-state index contributed by atoms with van der Waals surface area (Å²) in [5.41, 5.74) is 2.28. The van der Waals surface area contributed by atoms with Crippen LogP contribution < -0.4 is 10.2 Å². The normalized spacial score (nSPS) is 11.1. The van der Waals surface area contributed by atoms with Crippen LogP contribution in [0.5, 0.6) is 0 Å². The van der Waals surface area contributed by atoms with Crippen LogP contribution in [0.1, 0.15) is 5.56 Å². The number of thiazole rings is 1. The molecule has 0 aliphatic heterocycles. The molecule has 1 amide bonds. The van der Waals surface area contributed by atoms with E-state index in [-0.39, 0.29) is 11.7 Å². The zero-order chi connectivity index (χ0) is 20.1. The molecule has 0 atom stereocenters. The number of fused-ring (bicyclic) bond motifs is 1. The number of aromatic nitrogens is 2. The first-order valence-corrected chi connectivity index (χ1v) is 9.75. The number of para-hydroxylation sites is 1. The van der Waals surface area contributed by atoms with Gasteiger partial charge >= 0.3 is 0 Å². The maximum absolute atomic E-state index is 13.5. The molecule has 0 fully saturated rings. The summed E-state index contributed by atoms with van der Waals surface area (Å²) in [7, 11) is 0. The van der Waals surface area contributed by atoms with Crippen LogP contribution in [0.2, 0.25) is 0 Å². The van der Waals surface area contributed by atoms with E-state index in [1.807, 2.05) is 42.5 Å². The van der Waals surface area contributed by atoms with Crippen LogP contribution in [-0.2, 0) is 11.3 Å². The highest BCUT2D eigenvalue weighted by atomic mass is 32.1. The average molecular weight is 404 g/mol. The van der Waals surface area contributed by atoms with Crippen LogP contribution in [0.15, 0.2) is 85.3 Å². The third-order valence-corrected chi connectivity index (χ3v) is 5.21. The summed E-state index contributed by atoms with van der Waals surface area (Å²) in [5.74, 6) is -0.594. The highest BCUT2D eigenvalue weighted by Crippen LogP contribution is 2.30. The summed E-state index contributed by atoms with van der Waals surface area (Å²) >= 11 is 1.34. The van der Waals surface area contributed by atoms with Crippen molar-refractivity contribution in [3.8, 4) is 0 Å². The lowest BCUT2D eigenvalue weighted by Crippen LogP contribution is -2.28. The first-order chi connectivity index (χ1) is 14.2. The minimum atomic E-state index is -0.355. The van der Waals surface area contributed by atoms with Gasteiger partial charge in [-0.05, 0) is 35.9 Å². The van der Waals surface area contributed by atoms with Crippen molar-refractivity contribution < 1.29 is 9.18 Å². The van der Waals surface area contributed by atoms with Crippen LogP contribution in [0.3, 0.4) is 0 Å². The number of amides is 1. The Hall–Kier alpha value is -3.58. The maximum Gasteiger partial charge on any atom is 0.254 e. The molecule has 2 aromatic carbocycles. The fourth-order valence-corrected chi connectivity index (χ4v) is 3.70. The van der Waals surface area contributed by atoms with Crippen molar-refractivity contribution >= 4 is 38.3 Å². The molecule has 2 heterocycles. The quantitative estimate of drug-likeness (QED) is 0.460. The van der Waals surface area contributed by atoms with E-state index in [2.05, 4.69) is 15.3 Å². The second-order valence-electron chi connectivity index (χ2n) is 6.24. The van der Waals surface area contributed by atoms with Crippen molar-refractivity contribution in [2.24, 2.45) is 0 Å². The topological polar surface area (TPSA) is 58.1 Å². The van der Waals surface area contributed by atoms with Crippen LogP contribution in [0, 0.1) is 5.82 Å². The number of carbonyl (C=O) groups excluding carboxylic acids is 1. The van der Waals surface area contributed by atoms with Gasteiger partial charge in [-0.3, -0.25) is 14.7 Å². The van der Waals surface area contributed by atoms with Gasteiger partial charge in [0.15, 0.2) is 5.13 Å². The van der Waals surface area contributed by atoms with Crippen LogP contribution in [0.4, 0.5) is 15.2 Å². The van der Waals surface area contributed by atoms with Gasteiger partial charge in [0.05, 0.1) is 16.8 Å². The van der Waals surface area contributed by atoms with Crippen LogP contribution in [0.25, 0.3) is 10.2 Å². The molecule has 0 saturated carbocycles. The first kappa shape index (κ1) is 18.8. The standard InChI is InChI=1S/C22H17FN4OS/c23-17-8-9-20-19(13-17)26-22(29-20)27(15-16-5-4-11-24-14-16)21(28)10-12-25-18-6-2-1-3-7-18/h1-14,25H,15H2. The van der Waals surface area contributed by atoms with Crippen molar-refractivity contribution in [1.29, 1.82) is 0 Å². The van der Waals surface area contributed by atoms with Gasteiger partial charge in [0.1, 0.15) is 5.82 Å². The lowest BCUT2D eigenvalue weighted by Gasteiger charge is -2.18. The Kier molecular flexibility index (Phi) is 5.58. The molecular weight excluding hydrogens is 387 g/mol. The Balaban J connectivity index is 1.61. The summed E-state index contributed by atoms with van der Waals surface area (Å²) in [6, 6.07) is 17.7. The van der Waals surface area contributed by atoms with Gasteiger partial charge in [0.2, 0.25) is 0 Å². The van der Waals surface area contributed by atoms with E-state index in [9.17, 15) is 9.18 Å². The minimum Gasteiger partial charge on any atom is -0.361 e. The summed E-state index contributed by atoms with van der Waals surface area (Å²) in [6.45, 7) is 0.310. The third-order valence-electron chi connectivity index (χ3n) is 4.15. The molecule has 29 heavy (non-hydrogen) atoms. The first-order valence-electron chi connectivity index (χ1n) is 8.94. The van der Waals surface area contributed by atoms with E-state index >= 15 is 0 Å². The molecule has 5 nitrogen and oxygen atoms in total. The fraction of sp³-hybridized carbons (Fsp3) is 0.0455. The number of rotatable bonds is 6. The predicted octanol–water partition coefficient (Wildman–Crippen LogP) is 4.99. The Bertz CT molecular complexity index is 1150. The number of nitrogens with zero attached hydrogens (tertiary/aromatic N) is 3. The zero-order valence-corrected chi connectivity index (χ0v) is 16.1. The Morgan fingerprint density at radius 3 is 2.79 bits per heavy atom. The van der Waals surface area contributed by atoms with E-state index in [1.165, 1.54) is 29.5 Å². The maximum atomic E-state index is 13.5. The highest BCUT2D eigenvalue weighted by Gasteiger charge is 2.18. The molecule has 144 valence electrons. The van der Waals surface area contributed by atoms with Crippen molar-refractivity contribution in [3.63, 3.8) is 0 Å². The van der Waals surface area contributed by atoms with Gasteiger partial charge in [0.25, 0.3) is 5.91 Å². The minimum absolute atomic E-state index is 0.239. The number of hydrogen-bond acceptors (Lipinski definition) is 5. The van der Waals surface area contributed by atoms with E-state index in [1.54, 1.807) is 29.6 Å². The number of halogens is 1. The zero-order valence-electron chi connectivity index (χ0n) is 15.3. The average Bonchev–Trinajstić information content (AvgIpc) is 3.16. The molecule has 0 aliphatic rings. The molecule has 0 spiro atoms. The molecule has 7 heteroatoms. The summed E-state index contributed by atoms with van der Waals surface area (Å²) in [6.07, 6.45) is 6.44. The Morgan fingerprint density at radius 1 is 1.14 bits per heavy atom. The highest BCUT2D eigenvalue weighted by molar-refractivity contribution is 7.22. The van der Waals surface area contributed by atoms with E-state index in [4.69, 9.17) is 0 Å². The van der Waals surface area contributed by atoms with Crippen LogP contribution >= 0.6 is 11.3 Å². The molecular formula is C22H17FN4OS. The number of benzene rings is 2. The van der Waals surface area contributed by atoms with Gasteiger partial charge in [-0.1, -0.05) is 35.6 Å². The van der Waals surface area contributed by atoms with Gasteiger partial charge < -0.3 is 5.32 Å². The van der Waals surface area contributed by atoms with Crippen molar-refractivity contribution in [2.75, 3.05) is 10.2 Å². The molecule has 1 N–H and O–H groups in total.